The number of hydrogen-bond acceptors (Lipinski definition) is 2. The van der Waals surface area contributed by atoms with Gasteiger partial charge in [-0.2, -0.15) is 0 Å². The first-order valence-corrected chi connectivity index (χ1v) is 11.0. The Morgan fingerprint density at radius 2 is 1.54 bits per heavy atom. The molecule has 0 aliphatic rings. The summed E-state index contributed by atoms with van der Waals surface area (Å²) in [5.74, 6) is -0.329. The summed E-state index contributed by atoms with van der Waals surface area (Å²) in [4.78, 5) is 11.1. The van der Waals surface area contributed by atoms with Crippen LogP contribution in [0.1, 0.15) is 82.3 Å². The molecule has 0 bridgehead atoms. The Morgan fingerprint density at radius 1 is 0.962 bits per heavy atom. The highest BCUT2D eigenvalue weighted by molar-refractivity contribution is 14.1. The molecular formula is C23H33IO2. The second-order valence-corrected chi connectivity index (χ2v) is 7.81. The summed E-state index contributed by atoms with van der Waals surface area (Å²) in [7, 11) is 1.39. The van der Waals surface area contributed by atoms with Gasteiger partial charge in [-0.05, 0) is 52.6 Å². The molecule has 26 heavy (non-hydrogen) atoms. The van der Waals surface area contributed by atoms with Crippen LogP contribution in [-0.4, -0.2) is 13.1 Å². The number of halogens is 1. The van der Waals surface area contributed by atoms with Crippen molar-refractivity contribution in [2.24, 2.45) is 0 Å². The van der Waals surface area contributed by atoms with E-state index in [4.69, 9.17) is 0 Å². The quantitative estimate of drug-likeness (QED) is 0.129. The Hall–Kier alpha value is -1.10. The third kappa shape index (κ3) is 10.8. The van der Waals surface area contributed by atoms with Gasteiger partial charge in [0, 0.05) is 9.66 Å². The third-order valence-electron chi connectivity index (χ3n) is 4.43. The first-order valence-electron chi connectivity index (χ1n) is 9.89. The maximum Gasteiger partial charge on any atom is 0.330 e. The van der Waals surface area contributed by atoms with Gasteiger partial charge < -0.3 is 4.74 Å². The molecule has 0 amide bonds. The minimum Gasteiger partial charge on any atom is -0.466 e. The fourth-order valence-electron chi connectivity index (χ4n) is 2.79. The molecule has 1 aromatic carbocycles. The molecule has 0 fully saturated rings. The lowest BCUT2D eigenvalue weighted by atomic mass is 10.1. The van der Waals surface area contributed by atoms with Gasteiger partial charge in [-0.25, -0.2) is 4.79 Å². The number of rotatable bonds is 13. The van der Waals surface area contributed by atoms with Crippen LogP contribution >= 0.6 is 22.6 Å². The second kappa shape index (κ2) is 15.0. The fraction of sp³-hybridized carbons (Fsp3) is 0.522. The second-order valence-electron chi connectivity index (χ2n) is 6.65. The number of benzene rings is 1. The van der Waals surface area contributed by atoms with Crippen LogP contribution in [0, 0.1) is 0 Å². The Labute approximate surface area is 173 Å². The minimum atomic E-state index is -0.329. The van der Waals surface area contributed by atoms with Gasteiger partial charge in [0.1, 0.15) is 0 Å². The van der Waals surface area contributed by atoms with E-state index < -0.39 is 0 Å². The lowest BCUT2D eigenvalue weighted by molar-refractivity contribution is -0.134. The first-order chi connectivity index (χ1) is 12.7. The molecule has 0 saturated heterocycles. The van der Waals surface area contributed by atoms with Crippen LogP contribution < -0.4 is 0 Å². The maximum absolute atomic E-state index is 11.1. The van der Waals surface area contributed by atoms with Crippen LogP contribution in [0.3, 0.4) is 0 Å². The van der Waals surface area contributed by atoms with Crippen molar-refractivity contribution in [3.8, 4) is 0 Å². The van der Waals surface area contributed by atoms with Gasteiger partial charge in [0.25, 0.3) is 0 Å². The van der Waals surface area contributed by atoms with Crippen molar-refractivity contribution in [3.63, 3.8) is 0 Å². The van der Waals surface area contributed by atoms with Gasteiger partial charge >= 0.3 is 5.97 Å². The third-order valence-corrected chi connectivity index (χ3v) is 5.49. The molecule has 0 N–H and O–H groups in total. The predicted molar refractivity (Wildman–Crippen MR) is 121 cm³/mol. The van der Waals surface area contributed by atoms with Crippen LogP contribution in [0.25, 0.3) is 9.66 Å². The summed E-state index contributed by atoms with van der Waals surface area (Å²) in [6.45, 7) is 2.27. The lowest BCUT2D eigenvalue weighted by Crippen LogP contribution is -1.93. The van der Waals surface area contributed by atoms with Crippen LogP contribution in [0.2, 0.25) is 0 Å². The zero-order valence-corrected chi connectivity index (χ0v) is 18.5. The van der Waals surface area contributed by atoms with Crippen molar-refractivity contribution in [2.45, 2.75) is 71.1 Å². The van der Waals surface area contributed by atoms with Crippen molar-refractivity contribution >= 4 is 38.2 Å². The van der Waals surface area contributed by atoms with Crippen molar-refractivity contribution < 1.29 is 9.53 Å². The standard InChI is InChI=1S/C23H33IO2/c1-3-4-5-6-7-8-9-10-11-12-13-22(24)21-17-14-20(15-18-21)16-19-23(25)26-2/h13-19H,3-12H2,1-2H3. The van der Waals surface area contributed by atoms with Gasteiger partial charge in [0.2, 0.25) is 0 Å². The molecule has 1 rings (SSSR count). The SMILES string of the molecule is CCCCCCCCCCCC=C(I)c1ccc(C=CC(=O)OC)cc1. The lowest BCUT2D eigenvalue weighted by Gasteiger charge is -2.03. The van der Waals surface area contributed by atoms with E-state index in [-0.39, 0.29) is 5.97 Å². The summed E-state index contributed by atoms with van der Waals surface area (Å²) >= 11 is 2.41. The summed E-state index contributed by atoms with van der Waals surface area (Å²) in [6, 6.07) is 8.26. The molecule has 1 aromatic rings. The highest BCUT2D eigenvalue weighted by Gasteiger charge is 1.98. The van der Waals surface area contributed by atoms with E-state index in [9.17, 15) is 4.79 Å². The summed E-state index contributed by atoms with van der Waals surface area (Å²) in [5.41, 5.74) is 2.24. The highest BCUT2D eigenvalue weighted by atomic mass is 127. The summed E-state index contributed by atoms with van der Waals surface area (Å²) < 4.78 is 5.90. The number of esters is 1. The zero-order chi connectivity index (χ0) is 19.0. The predicted octanol–water partition coefficient (Wildman–Crippen LogP) is 7.57. The molecule has 0 radical (unpaired) electrons. The number of unbranched alkanes of at least 4 members (excludes halogenated alkanes) is 9. The van der Waals surface area contributed by atoms with E-state index in [0.29, 0.717) is 0 Å². The molecule has 2 nitrogen and oxygen atoms in total. The van der Waals surface area contributed by atoms with Crippen molar-refractivity contribution in [2.75, 3.05) is 7.11 Å². The molecule has 0 unspecified atom stereocenters. The number of hydrogen-bond donors (Lipinski definition) is 0. The van der Waals surface area contributed by atoms with Crippen molar-refractivity contribution in [1.82, 2.24) is 0 Å². The molecule has 0 aliphatic heterocycles. The Morgan fingerprint density at radius 3 is 2.12 bits per heavy atom. The Kier molecular flexibility index (Phi) is 13.2. The summed E-state index contributed by atoms with van der Waals surface area (Å²) in [6.07, 6.45) is 19.0. The zero-order valence-electron chi connectivity index (χ0n) is 16.3. The highest BCUT2D eigenvalue weighted by Crippen LogP contribution is 2.24. The van der Waals surface area contributed by atoms with E-state index >= 15 is 0 Å². The normalized spacial score (nSPS) is 11.9. The molecule has 0 aliphatic carbocycles. The van der Waals surface area contributed by atoms with Crippen LogP contribution in [0.4, 0.5) is 0 Å². The van der Waals surface area contributed by atoms with E-state index in [0.717, 1.165) is 12.0 Å². The fourth-order valence-corrected chi connectivity index (χ4v) is 3.46. The number of methoxy groups -OCH3 is 1. The number of allylic oxidation sites excluding steroid dienone is 1. The molecule has 0 heterocycles. The number of ether oxygens (including phenoxy) is 1. The monoisotopic (exact) mass is 468 g/mol. The largest absolute Gasteiger partial charge is 0.466 e. The van der Waals surface area contributed by atoms with Gasteiger partial charge in [0.15, 0.2) is 0 Å². The van der Waals surface area contributed by atoms with Gasteiger partial charge in [-0.3, -0.25) is 0 Å². The van der Waals surface area contributed by atoms with Crippen LogP contribution in [-0.2, 0) is 9.53 Å². The molecule has 3 heteroatoms. The topological polar surface area (TPSA) is 26.3 Å². The molecule has 0 aromatic heterocycles. The number of carbonyl (C=O) groups is 1. The molecular weight excluding hydrogens is 435 g/mol. The van der Waals surface area contributed by atoms with Gasteiger partial charge in [-0.1, -0.05) is 88.6 Å². The average Bonchev–Trinajstić information content (AvgIpc) is 2.67. The average molecular weight is 468 g/mol. The Bertz CT molecular complexity index is 558. The van der Waals surface area contributed by atoms with E-state index in [1.165, 1.54) is 80.1 Å². The first kappa shape index (κ1) is 22.9. The maximum atomic E-state index is 11.1. The van der Waals surface area contributed by atoms with E-state index in [1.807, 2.05) is 12.1 Å². The molecule has 0 saturated carbocycles. The van der Waals surface area contributed by atoms with Gasteiger partial charge in [-0.15, -0.1) is 0 Å². The Balaban J connectivity index is 2.24. The molecule has 144 valence electrons. The molecule has 0 atom stereocenters. The van der Waals surface area contributed by atoms with E-state index in [1.54, 1.807) is 6.08 Å². The van der Waals surface area contributed by atoms with Crippen LogP contribution in [0.5, 0.6) is 0 Å². The molecule has 0 spiro atoms. The van der Waals surface area contributed by atoms with Gasteiger partial charge in [0.05, 0.1) is 7.11 Å². The van der Waals surface area contributed by atoms with Crippen molar-refractivity contribution in [3.05, 3.63) is 47.5 Å². The van der Waals surface area contributed by atoms with Crippen LogP contribution in [0.15, 0.2) is 36.4 Å². The summed E-state index contributed by atoms with van der Waals surface area (Å²) in [5, 5.41) is 0. The number of carbonyl (C=O) groups excluding carboxylic acids is 1. The smallest absolute Gasteiger partial charge is 0.330 e. The van der Waals surface area contributed by atoms with E-state index in [2.05, 4.69) is 52.5 Å². The minimum absolute atomic E-state index is 0.329. The van der Waals surface area contributed by atoms with Crippen molar-refractivity contribution in [1.29, 1.82) is 0 Å².